The van der Waals surface area contributed by atoms with E-state index in [0.717, 1.165) is 25.2 Å². The number of aromatic nitrogens is 4. The summed E-state index contributed by atoms with van der Waals surface area (Å²) in [5, 5.41) is 5.93. The number of imidazole rings is 1. The Labute approximate surface area is 269 Å². The number of amides is 2. The molecular formula is C34H44N8O4. The van der Waals surface area contributed by atoms with Crippen molar-refractivity contribution in [1.82, 2.24) is 29.7 Å². The number of anilines is 2. The van der Waals surface area contributed by atoms with E-state index in [1.165, 1.54) is 17.5 Å². The van der Waals surface area contributed by atoms with Crippen LogP contribution in [0.2, 0.25) is 0 Å². The molecule has 12 nitrogen and oxygen atoms in total. The van der Waals surface area contributed by atoms with Crippen LogP contribution in [0.3, 0.4) is 0 Å². The molecule has 12 heteroatoms. The van der Waals surface area contributed by atoms with Gasteiger partial charge in [-0.05, 0) is 48.9 Å². The molecule has 2 aliphatic heterocycles. The number of carbonyl (C=O) groups is 1. The topological polar surface area (TPSA) is 142 Å². The molecule has 3 atom stereocenters. The molecule has 46 heavy (non-hydrogen) atoms. The number of fused-ring (bicyclic) bond motifs is 2. The molecule has 2 aromatic carbocycles. The lowest BCUT2D eigenvalue weighted by atomic mass is 9.87. The SMILES string of the molecule is CC1(C)OC2C(CN(CCCNC(=O)Nc3ccc(C(C)(C)C)cc3)Cc3ccccc3)OCC2(n2cnc3c(N)ncnc32)O1. The Morgan fingerprint density at radius 3 is 2.59 bits per heavy atom. The maximum atomic E-state index is 12.6. The van der Waals surface area contributed by atoms with E-state index in [4.69, 9.17) is 19.9 Å². The lowest BCUT2D eigenvalue weighted by Gasteiger charge is -2.30. The van der Waals surface area contributed by atoms with Crippen molar-refractivity contribution < 1.29 is 19.0 Å². The van der Waals surface area contributed by atoms with Crippen molar-refractivity contribution in [2.24, 2.45) is 0 Å². The number of urea groups is 1. The number of hydrogen-bond acceptors (Lipinski definition) is 9. The fourth-order valence-electron chi connectivity index (χ4n) is 6.30. The molecule has 0 saturated carbocycles. The number of nitrogens with two attached hydrogens (primary N) is 1. The number of nitrogens with one attached hydrogen (secondary N) is 2. The zero-order valence-corrected chi connectivity index (χ0v) is 27.2. The fraction of sp³-hybridized carbons (Fsp3) is 0.471. The monoisotopic (exact) mass is 628 g/mol. The molecule has 4 heterocycles. The average molecular weight is 629 g/mol. The Hall–Kier alpha value is -4.10. The molecule has 2 aromatic heterocycles. The number of carbonyl (C=O) groups excluding carboxylic acids is 1. The molecule has 0 aliphatic carbocycles. The van der Waals surface area contributed by atoms with Gasteiger partial charge in [-0.2, -0.15) is 0 Å². The van der Waals surface area contributed by atoms with Gasteiger partial charge in [-0.1, -0.05) is 63.2 Å². The van der Waals surface area contributed by atoms with Gasteiger partial charge in [0.15, 0.2) is 17.3 Å². The zero-order chi connectivity index (χ0) is 32.5. The van der Waals surface area contributed by atoms with Gasteiger partial charge in [-0.25, -0.2) is 19.7 Å². The highest BCUT2D eigenvalue weighted by molar-refractivity contribution is 5.89. The first kappa shape index (κ1) is 31.9. The summed E-state index contributed by atoms with van der Waals surface area (Å²) in [6, 6.07) is 18.1. The van der Waals surface area contributed by atoms with Crippen LogP contribution in [0.4, 0.5) is 16.3 Å². The summed E-state index contributed by atoms with van der Waals surface area (Å²) in [7, 11) is 0. The summed E-state index contributed by atoms with van der Waals surface area (Å²) in [5.41, 5.74) is 9.43. The van der Waals surface area contributed by atoms with Crippen LogP contribution in [-0.4, -0.2) is 74.7 Å². The Kier molecular flexibility index (Phi) is 8.73. The highest BCUT2D eigenvalue weighted by atomic mass is 16.8. The first-order valence-corrected chi connectivity index (χ1v) is 15.8. The minimum atomic E-state index is -0.965. The minimum Gasteiger partial charge on any atom is -0.382 e. The summed E-state index contributed by atoms with van der Waals surface area (Å²) in [5.74, 6) is -0.545. The summed E-state index contributed by atoms with van der Waals surface area (Å²) in [4.78, 5) is 28.0. The summed E-state index contributed by atoms with van der Waals surface area (Å²) >= 11 is 0. The number of nitrogen functional groups attached to an aromatic ring is 1. The third kappa shape index (κ3) is 6.70. The highest BCUT2D eigenvalue weighted by Crippen LogP contribution is 2.47. The van der Waals surface area contributed by atoms with E-state index in [1.54, 1.807) is 6.33 Å². The van der Waals surface area contributed by atoms with Crippen LogP contribution in [0.15, 0.2) is 67.3 Å². The minimum absolute atomic E-state index is 0.0574. The lowest BCUT2D eigenvalue weighted by molar-refractivity contribution is -0.205. The highest BCUT2D eigenvalue weighted by Gasteiger charge is 2.63. The van der Waals surface area contributed by atoms with Gasteiger partial charge >= 0.3 is 6.03 Å². The summed E-state index contributed by atoms with van der Waals surface area (Å²) in [6.07, 6.45) is 3.12. The number of rotatable bonds is 10. The molecule has 3 unspecified atom stereocenters. The van der Waals surface area contributed by atoms with E-state index in [0.29, 0.717) is 30.1 Å². The second-order valence-corrected chi connectivity index (χ2v) is 13.6. The van der Waals surface area contributed by atoms with Crippen molar-refractivity contribution in [3.63, 3.8) is 0 Å². The van der Waals surface area contributed by atoms with Gasteiger partial charge in [-0.3, -0.25) is 9.47 Å². The fourth-order valence-corrected chi connectivity index (χ4v) is 6.30. The summed E-state index contributed by atoms with van der Waals surface area (Å²) < 4.78 is 21.4. The molecule has 2 aliphatic rings. The first-order chi connectivity index (χ1) is 21.9. The Morgan fingerprint density at radius 2 is 1.85 bits per heavy atom. The van der Waals surface area contributed by atoms with Gasteiger partial charge in [0.25, 0.3) is 0 Å². The van der Waals surface area contributed by atoms with Crippen molar-refractivity contribution in [2.45, 2.75) is 76.7 Å². The predicted molar refractivity (Wildman–Crippen MR) is 176 cm³/mol. The van der Waals surface area contributed by atoms with Gasteiger partial charge in [0, 0.05) is 31.9 Å². The molecule has 0 radical (unpaired) electrons. The van der Waals surface area contributed by atoms with Crippen LogP contribution < -0.4 is 16.4 Å². The van der Waals surface area contributed by atoms with Gasteiger partial charge < -0.3 is 30.6 Å². The molecule has 6 rings (SSSR count). The quantitative estimate of drug-likeness (QED) is 0.215. The third-order valence-corrected chi connectivity index (χ3v) is 8.52. The van der Waals surface area contributed by atoms with Crippen LogP contribution in [0, 0.1) is 0 Å². The molecular weight excluding hydrogens is 584 g/mol. The van der Waals surface area contributed by atoms with Crippen molar-refractivity contribution in [3.8, 4) is 0 Å². The smallest absolute Gasteiger partial charge is 0.319 e. The maximum Gasteiger partial charge on any atom is 0.319 e. The van der Waals surface area contributed by atoms with E-state index in [9.17, 15) is 4.79 Å². The van der Waals surface area contributed by atoms with E-state index in [-0.39, 0.29) is 24.2 Å². The number of ether oxygens (including phenoxy) is 3. The van der Waals surface area contributed by atoms with Crippen LogP contribution in [0.25, 0.3) is 11.2 Å². The number of benzene rings is 2. The largest absolute Gasteiger partial charge is 0.382 e. The Morgan fingerprint density at radius 1 is 1.09 bits per heavy atom. The molecule has 244 valence electrons. The summed E-state index contributed by atoms with van der Waals surface area (Å²) in [6.45, 7) is 13.1. The average Bonchev–Trinajstić information content (AvgIpc) is 3.66. The molecule has 2 amide bonds. The van der Waals surface area contributed by atoms with E-state index < -0.39 is 17.6 Å². The van der Waals surface area contributed by atoms with Crippen molar-refractivity contribution in [2.75, 3.05) is 37.3 Å². The normalized spacial score (nSPS) is 22.3. The van der Waals surface area contributed by atoms with Gasteiger partial charge in [0.05, 0.1) is 12.9 Å². The van der Waals surface area contributed by atoms with E-state index in [1.807, 2.05) is 48.7 Å². The maximum absolute atomic E-state index is 12.6. The van der Waals surface area contributed by atoms with Crippen LogP contribution >= 0.6 is 0 Å². The third-order valence-electron chi connectivity index (χ3n) is 8.52. The van der Waals surface area contributed by atoms with Crippen molar-refractivity contribution >= 4 is 28.7 Å². The van der Waals surface area contributed by atoms with Gasteiger partial charge in [-0.15, -0.1) is 0 Å². The Bertz CT molecular complexity index is 1650. The Balaban J connectivity index is 1.12. The van der Waals surface area contributed by atoms with Gasteiger partial charge in [0.2, 0.25) is 5.72 Å². The molecule has 4 N–H and O–H groups in total. The lowest BCUT2D eigenvalue weighted by Crippen LogP contribution is -2.47. The second kappa shape index (κ2) is 12.6. The number of nitrogens with zero attached hydrogens (tertiary/aromatic N) is 5. The first-order valence-electron chi connectivity index (χ1n) is 15.8. The molecule has 0 bridgehead atoms. The van der Waals surface area contributed by atoms with Crippen LogP contribution in [0.5, 0.6) is 0 Å². The molecule has 4 aromatic rings. The van der Waals surface area contributed by atoms with E-state index >= 15 is 0 Å². The van der Waals surface area contributed by atoms with Crippen LogP contribution in [0.1, 0.15) is 52.2 Å². The van der Waals surface area contributed by atoms with E-state index in [2.05, 4.69) is 75.5 Å². The zero-order valence-electron chi connectivity index (χ0n) is 27.2. The predicted octanol–water partition coefficient (Wildman–Crippen LogP) is 4.62. The number of hydrogen-bond donors (Lipinski definition) is 3. The van der Waals surface area contributed by atoms with Gasteiger partial charge in [0.1, 0.15) is 24.1 Å². The van der Waals surface area contributed by atoms with Crippen LogP contribution in [-0.2, 0) is 31.9 Å². The molecule has 0 spiro atoms. The molecule has 2 fully saturated rings. The molecule has 2 saturated heterocycles. The standard InChI is InChI=1S/C34H44N8O4/c1-32(2,3)24-12-14-25(15-13-24)40-31(43)36-16-9-17-41(18-23-10-7-6-8-11-23)19-26-28-34(20-44-26,46-33(4,5)45-28)42-22-39-27-29(35)37-21-38-30(27)42/h6-8,10-15,21-22,26,28H,9,16-20H2,1-5H3,(H2,35,37,38)(H2,36,40,43). The second-order valence-electron chi connectivity index (χ2n) is 13.6. The van der Waals surface area contributed by atoms with Crippen molar-refractivity contribution in [1.29, 1.82) is 0 Å². The van der Waals surface area contributed by atoms with Crippen molar-refractivity contribution in [3.05, 3.63) is 78.4 Å².